The fraction of sp³-hybridized carbons (Fsp3) is 1.00. The Morgan fingerprint density at radius 3 is 1.52 bits per heavy atom. The molecule has 0 aliphatic heterocycles. The Labute approximate surface area is 170 Å². The van der Waals surface area contributed by atoms with Crippen molar-refractivity contribution >= 4 is 25.7 Å². The minimum Gasteiger partial charge on any atom is -0.416 e. The monoisotopic (exact) mass is 440 g/mol. The van der Waals surface area contributed by atoms with E-state index in [0.717, 1.165) is 30.6 Å². The Balaban J connectivity index is 5.51. The molecule has 0 fully saturated rings. The van der Waals surface area contributed by atoms with Crippen molar-refractivity contribution < 1.29 is 21.8 Å². The summed E-state index contributed by atoms with van der Waals surface area (Å²) in [4.78, 5) is 0. The van der Waals surface area contributed by atoms with Gasteiger partial charge in [0, 0.05) is 38.1 Å². The number of hydrogen-bond acceptors (Lipinski definition) is 7. The van der Waals surface area contributed by atoms with Gasteiger partial charge in [-0.15, -0.1) is 0 Å². The van der Waals surface area contributed by atoms with Crippen LogP contribution in [-0.2, 0) is 21.8 Å². The maximum absolute atomic E-state index is 6.76. The van der Waals surface area contributed by atoms with Gasteiger partial charge in [0.1, 0.15) is 0 Å². The van der Waals surface area contributed by atoms with Gasteiger partial charge in [-0.3, -0.25) is 0 Å². The van der Waals surface area contributed by atoms with Crippen LogP contribution in [0, 0.1) is 0 Å². The molecule has 7 nitrogen and oxygen atoms in total. The highest BCUT2D eigenvalue weighted by Crippen LogP contribution is 2.32. The zero-order valence-electron chi connectivity index (χ0n) is 18.5. The van der Waals surface area contributed by atoms with E-state index in [-0.39, 0.29) is 0 Å². The van der Waals surface area contributed by atoms with Crippen LogP contribution in [0.5, 0.6) is 0 Å². The highest BCUT2D eigenvalue weighted by molar-refractivity contribution is 6.91. The topological polar surface area (TPSA) is 98.2 Å². The molecule has 0 heterocycles. The lowest BCUT2D eigenvalue weighted by atomic mass is 10.5. The van der Waals surface area contributed by atoms with Gasteiger partial charge in [-0.05, 0) is 72.8 Å². The van der Waals surface area contributed by atoms with Crippen molar-refractivity contribution in [3.05, 3.63) is 0 Å². The van der Waals surface area contributed by atoms with Crippen LogP contribution >= 0.6 is 0 Å². The summed E-state index contributed by atoms with van der Waals surface area (Å²) in [6, 6.07) is 1.65. The zero-order valence-corrected chi connectivity index (χ0v) is 21.5. The van der Waals surface area contributed by atoms with Gasteiger partial charge in [0.2, 0.25) is 0 Å². The number of nitrogens with two attached hydrogens (primary N) is 2. The molecule has 164 valence electrons. The van der Waals surface area contributed by atoms with Gasteiger partial charge < -0.3 is 33.3 Å². The molecule has 0 rings (SSSR count). The third-order valence-electron chi connectivity index (χ3n) is 4.12. The summed E-state index contributed by atoms with van der Waals surface area (Å²) in [6.45, 7) is 16.2. The highest BCUT2D eigenvalue weighted by atomic mass is 28.5. The van der Waals surface area contributed by atoms with Crippen molar-refractivity contribution in [1.29, 1.82) is 0 Å². The standard InChI is InChI=1S/C17H44N2O5Si3/c1-7-20-26(21-8-2,15-11-13-18)17-25(5,6)24-27(22-9-3,23-10-4)16-12-14-19/h7-19H2,1-6H3. The molecule has 0 amide bonds. The average molecular weight is 441 g/mol. The van der Waals surface area contributed by atoms with E-state index in [1.807, 2.05) is 27.7 Å². The summed E-state index contributed by atoms with van der Waals surface area (Å²) in [7, 11) is -7.33. The number of hydrogen-bond donors (Lipinski definition) is 2. The molecular formula is C17H44N2O5Si3. The van der Waals surface area contributed by atoms with E-state index in [2.05, 4.69) is 13.1 Å². The first kappa shape index (κ1) is 27.4. The molecule has 0 radical (unpaired) electrons. The third-order valence-corrected chi connectivity index (χ3v) is 18.3. The fourth-order valence-corrected chi connectivity index (χ4v) is 19.4. The summed E-state index contributed by atoms with van der Waals surface area (Å²) in [5.74, 6) is 0. The lowest BCUT2D eigenvalue weighted by Gasteiger charge is -2.40. The SMILES string of the molecule is CCO[Si](CCCN)(C[Si](C)(C)O[Si](CCCN)(OCC)OCC)OCC. The summed E-state index contributed by atoms with van der Waals surface area (Å²) >= 11 is 0. The minimum absolute atomic E-state index is 0.577. The van der Waals surface area contributed by atoms with E-state index in [4.69, 9.17) is 33.3 Å². The van der Waals surface area contributed by atoms with Gasteiger partial charge in [0.25, 0.3) is 0 Å². The Morgan fingerprint density at radius 2 is 1.11 bits per heavy atom. The van der Waals surface area contributed by atoms with Crippen molar-refractivity contribution in [2.24, 2.45) is 11.5 Å². The predicted octanol–water partition coefficient (Wildman–Crippen LogP) is 2.97. The molecule has 4 N–H and O–H groups in total. The number of rotatable bonds is 18. The Hall–Kier alpha value is 0.371. The fourth-order valence-electron chi connectivity index (χ4n) is 3.43. The predicted molar refractivity (Wildman–Crippen MR) is 118 cm³/mol. The van der Waals surface area contributed by atoms with Gasteiger partial charge in [0.15, 0.2) is 8.32 Å². The van der Waals surface area contributed by atoms with Gasteiger partial charge in [-0.1, -0.05) is 0 Å². The van der Waals surface area contributed by atoms with E-state index in [1.165, 1.54) is 0 Å². The molecule has 10 heteroatoms. The Morgan fingerprint density at radius 1 is 0.667 bits per heavy atom. The second kappa shape index (κ2) is 14.4. The molecular weight excluding hydrogens is 396 g/mol. The van der Waals surface area contributed by atoms with Crippen molar-refractivity contribution in [3.63, 3.8) is 0 Å². The average Bonchev–Trinajstić information content (AvgIpc) is 2.58. The van der Waals surface area contributed by atoms with Crippen LogP contribution in [0.3, 0.4) is 0 Å². The van der Waals surface area contributed by atoms with Crippen molar-refractivity contribution in [2.45, 2.75) is 71.4 Å². The molecule has 0 spiro atoms. The largest absolute Gasteiger partial charge is 0.490 e. The quantitative estimate of drug-likeness (QED) is 0.316. The first-order chi connectivity index (χ1) is 12.8. The second-order valence-corrected chi connectivity index (χ2v) is 18.2. The molecule has 0 aromatic heterocycles. The van der Waals surface area contributed by atoms with Crippen LogP contribution in [0.1, 0.15) is 40.5 Å². The van der Waals surface area contributed by atoms with E-state index in [0.29, 0.717) is 39.5 Å². The van der Waals surface area contributed by atoms with E-state index >= 15 is 0 Å². The van der Waals surface area contributed by atoms with Gasteiger partial charge in [0.05, 0.1) is 0 Å². The minimum atomic E-state index is -2.76. The van der Waals surface area contributed by atoms with Gasteiger partial charge in [-0.2, -0.15) is 0 Å². The summed E-state index contributed by atoms with van der Waals surface area (Å²) in [6.07, 6.45) is 1.74. The molecule has 0 saturated carbocycles. The normalized spacial score (nSPS) is 13.3. The Kier molecular flexibility index (Phi) is 14.6. The summed E-state index contributed by atoms with van der Waals surface area (Å²) in [5, 5.41) is 0. The van der Waals surface area contributed by atoms with Crippen LogP contribution in [0.15, 0.2) is 0 Å². The first-order valence-electron chi connectivity index (χ1n) is 10.4. The second-order valence-electron chi connectivity index (χ2n) is 7.15. The molecule has 0 atom stereocenters. The van der Waals surface area contributed by atoms with Crippen molar-refractivity contribution in [3.8, 4) is 0 Å². The molecule has 0 aliphatic carbocycles. The van der Waals surface area contributed by atoms with E-state index in [9.17, 15) is 0 Å². The molecule has 0 aromatic carbocycles. The van der Waals surface area contributed by atoms with E-state index in [1.54, 1.807) is 0 Å². The van der Waals surface area contributed by atoms with Gasteiger partial charge in [-0.25, -0.2) is 0 Å². The smallest absolute Gasteiger partial charge is 0.416 e. The third kappa shape index (κ3) is 10.6. The zero-order chi connectivity index (χ0) is 20.8. The molecule has 0 saturated heterocycles. The summed E-state index contributed by atoms with van der Waals surface area (Å²) < 4.78 is 31.5. The molecule has 0 aliphatic rings. The van der Waals surface area contributed by atoms with Crippen LogP contribution < -0.4 is 11.5 Å². The molecule has 0 unspecified atom stereocenters. The first-order valence-corrected chi connectivity index (χ1v) is 17.7. The van der Waals surface area contributed by atoms with Crippen LogP contribution in [0.4, 0.5) is 0 Å². The molecule has 0 bridgehead atoms. The van der Waals surface area contributed by atoms with Crippen LogP contribution in [0.2, 0.25) is 30.8 Å². The van der Waals surface area contributed by atoms with Gasteiger partial charge >= 0.3 is 17.4 Å². The lowest BCUT2D eigenvalue weighted by molar-refractivity contribution is 0.113. The van der Waals surface area contributed by atoms with E-state index < -0.39 is 25.7 Å². The highest BCUT2D eigenvalue weighted by Gasteiger charge is 2.50. The van der Waals surface area contributed by atoms with Crippen molar-refractivity contribution in [1.82, 2.24) is 0 Å². The summed E-state index contributed by atoms with van der Waals surface area (Å²) in [5.41, 5.74) is 12.4. The maximum Gasteiger partial charge on any atom is 0.490 e. The van der Waals surface area contributed by atoms with Crippen LogP contribution in [0.25, 0.3) is 0 Å². The Bertz CT molecular complexity index is 334. The molecule has 27 heavy (non-hydrogen) atoms. The lowest BCUT2D eigenvalue weighted by Crippen LogP contribution is -2.58. The van der Waals surface area contributed by atoms with Crippen molar-refractivity contribution in [2.75, 3.05) is 39.5 Å². The maximum atomic E-state index is 6.76. The molecule has 0 aromatic rings. The van der Waals surface area contributed by atoms with Crippen LogP contribution in [-0.4, -0.2) is 65.2 Å².